The van der Waals surface area contributed by atoms with Gasteiger partial charge in [-0.05, 0) is 38.2 Å². The van der Waals surface area contributed by atoms with Crippen LogP contribution in [0.1, 0.15) is 96.3 Å². The van der Waals surface area contributed by atoms with Gasteiger partial charge < -0.3 is 5.11 Å². The molecule has 0 aliphatic heterocycles. The third kappa shape index (κ3) is 10.7. The second-order valence-corrected chi connectivity index (χ2v) is 6.49. The van der Waals surface area contributed by atoms with E-state index >= 15 is 0 Å². The summed E-state index contributed by atoms with van der Waals surface area (Å²) in [6, 6.07) is 0. The van der Waals surface area contributed by atoms with Crippen LogP contribution in [0.2, 0.25) is 0 Å². The number of aliphatic hydroxyl groups is 1. The van der Waals surface area contributed by atoms with Crippen molar-refractivity contribution in [2.24, 2.45) is 0 Å². The Balaban J connectivity index is 1.79. The van der Waals surface area contributed by atoms with Gasteiger partial charge in [0.1, 0.15) is 0 Å². The van der Waals surface area contributed by atoms with Crippen LogP contribution in [0.5, 0.6) is 0 Å². The molecule has 0 heterocycles. The van der Waals surface area contributed by atoms with Crippen LogP contribution in [0.3, 0.4) is 0 Å². The summed E-state index contributed by atoms with van der Waals surface area (Å²) in [5.41, 5.74) is 1.40. The number of carbonyl (C=O) groups is 1. The molecule has 0 aromatic heterocycles. The Labute approximate surface area is 131 Å². The van der Waals surface area contributed by atoms with E-state index in [2.05, 4.69) is 0 Å². The molecule has 0 fully saturated rings. The first-order chi connectivity index (χ1) is 10.3. The average molecular weight is 294 g/mol. The average Bonchev–Trinajstić information content (AvgIpc) is 2.48. The number of unbranched alkanes of at least 4 members (excludes halogenated alkanes) is 10. The van der Waals surface area contributed by atoms with Crippen LogP contribution in [0.4, 0.5) is 0 Å². The van der Waals surface area contributed by atoms with Crippen molar-refractivity contribution in [1.82, 2.24) is 0 Å². The Kier molecular flexibility index (Phi) is 11.5. The zero-order valence-electron chi connectivity index (χ0n) is 13.7. The Morgan fingerprint density at radius 2 is 1.29 bits per heavy atom. The third-order valence-corrected chi connectivity index (χ3v) is 4.44. The lowest BCUT2D eigenvalue weighted by Crippen LogP contribution is -2.02. The summed E-state index contributed by atoms with van der Waals surface area (Å²) in [4.78, 5) is 11.3. The van der Waals surface area contributed by atoms with Crippen LogP contribution >= 0.6 is 0 Å². The van der Waals surface area contributed by atoms with Gasteiger partial charge >= 0.3 is 0 Å². The normalized spacial score (nSPS) is 15.3. The first kappa shape index (κ1) is 18.4. The monoisotopic (exact) mass is 294 g/mol. The van der Waals surface area contributed by atoms with E-state index in [1.807, 2.05) is 6.08 Å². The molecule has 21 heavy (non-hydrogen) atoms. The number of hydrogen-bond acceptors (Lipinski definition) is 2. The molecule has 0 aromatic rings. The summed E-state index contributed by atoms with van der Waals surface area (Å²) in [7, 11) is 0. The van der Waals surface area contributed by atoms with E-state index in [0.29, 0.717) is 12.4 Å². The van der Waals surface area contributed by atoms with Crippen molar-refractivity contribution in [1.29, 1.82) is 0 Å². The molecule has 0 bridgehead atoms. The number of ketones is 1. The zero-order chi connectivity index (χ0) is 15.2. The van der Waals surface area contributed by atoms with Gasteiger partial charge in [0, 0.05) is 13.0 Å². The van der Waals surface area contributed by atoms with Crippen molar-refractivity contribution in [2.45, 2.75) is 96.3 Å². The largest absolute Gasteiger partial charge is 0.396 e. The summed E-state index contributed by atoms with van der Waals surface area (Å²) in [6.45, 7) is 0.352. The van der Waals surface area contributed by atoms with Gasteiger partial charge in [0.15, 0.2) is 5.78 Å². The predicted octanol–water partition coefficient (Wildman–Crippen LogP) is 5.34. The molecule has 1 rings (SSSR count). The molecule has 1 aliphatic rings. The van der Waals surface area contributed by atoms with Gasteiger partial charge in [-0.15, -0.1) is 0 Å². The molecule has 0 amide bonds. The molecule has 0 aromatic carbocycles. The second-order valence-electron chi connectivity index (χ2n) is 6.49. The smallest absolute Gasteiger partial charge is 0.155 e. The first-order valence-electron chi connectivity index (χ1n) is 9.16. The van der Waals surface area contributed by atoms with Crippen molar-refractivity contribution in [3.8, 4) is 0 Å². The summed E-state index contributed by atoms with van der Waals surface area (Å²) in [6.07, 6.45) is 20.3. The zero-order valence-corrected chi connectivity index (χ0v) is 13.7. The quantitative estimate of drug-likeness (QED) is 0.466. The molecular formula is C19H34O2. The van der Waals surface area contributed by atoms with E-state index in [1.54, 1.807) is 0 Å². The highest BCUT2D eigenvalue weighted by Gasteiger charge is 2.08. The fourth-order valence-electron chi connectivity index (χ4n) is 3.11. The van der Waals surface area contributed by atoms with E-state index < -0.39 is 0 Å². The summed E-state index contributed by atoms with van der Waals surface area (Å²) in [5, 5.41) is 8.69. The molecule has 0 spiro atoms. The van der Waals surface area contributed by atoms with Crippen molar-refractivity contribution in [3.05, 3.63) is 11.6 Å². The molecule has 0 radical (unpaired) electrons. The highest BCUT2D eigenvalue weighted by atomic mass is 16.2. The number of hydrogen-bond donors (Lipinski definition) is 1. The maximum Gasteiger partial charge on any atom is 0.155 e. The Morgan fingerprint density at radius 1 is 0.762 bits per heavy atom. The molecule has 2 nitrogen and oxygen atoms in total. The molecule has 0 atom stereocenters. The molecule has 1 aliphatic carbocycles. The Bertz CT molecular complexity index is 294. The van der Waals surface area contributed by atoms with Gasteiger partial charge in [0.05, 0.1) is 0 Å². The van der Waals surface area contributed by atoms with Crippen molar-refractivity contribution >= 4 is 5.78 Å². The van der Waals surface area contributed by atoms with Gasteiger partial charge in [-0.2, -0.15) is 0 Å². The van der Waals surface area contributed by atoms with Gasteiger partial charge in [0.25, 0.3) is 0 Å². The molecule has 1 N–H and O–H groups in total. The van der Waals surface area contributed by atoms with E-state index in [1.165, 1.54) is 69.8 Å². The van der Waals surface area contributed by atoms with E-state index in [4.69, 9.17) is 5.11 Å². The van der Waals surface area contributed by atoms with Gasteiger partial charge in [0.2, 0.25) is 0 Å². The topological polar surface area (TPSA) is 37.3 Å². The predicted molar refractivity (Wildman–Crippen MR) is 89.4 cm³/mol. The van der Waals surface area contributed by atoms with Crippen molar-refractivity contribution in [3.63, 3.8) is 0 Å². The van der Waals surface area contributed by atoms with Crippen molar-refractivity contribution < 1.29 is 9.90 Å². The lowest BCUT2D eigenvalue weighted by atomic mass is 9.94. The minimum Gasteiger partial charge on any atom is -0.396 e. The standard InChI is InChI=1S/C19H34O2/c20-16-11-9-7-5-3-1-2-4-6-8-10-13-18-14-12-15-19(21)17-18/h17,20H,1-16H2. The van der Waals surface area contributed by atoms with Crippen LogP contribution in [0.15, 0.2) is 11.6 Å². The number of allylic oxidation sites excluding steroid dienone is 2. The molecule has 0 saturated carbocycles. The summed E-state index contributed by atoms with van der Waals surface area (Å²) >= 11 is 0. The van der Waals surface area contributed by atoms with E-state index in [0.717, 1.165) is 32.1 Å². The maximum absolute atomic E-state index is 11.3. The lowest BCUT2D eigenvalue weighted by Gasteiger charge is -2.11. The maximum atomic E-state index is 11.3. The highest BCUT2D eigenvalue weighted by molar-refractivity contribution is 5.91. The number of aliphatic hydroxyl groups excluding tert-OH is 1. The van der Waals surface area contributed by atoms with Crippen LogP contribution in [-0.4, -0.2) is 17.5 Å². The second kappa shape index (κ2) is 13.1. The van der Waals surface area contributed by atoms with Crippen LogP contribution in [0, 0.1) is 0 Å². The van der Waals surface area contributed by atoms with Gasteiger partial charge in [-0.1, -0.05) is 63.4 Å². The van der Waals surface area contributed by atoms with E-state index in [-0.39, 0.29) is 0 Å². The Morgan fingerprint density at radius 3 is 1.81 bits per heavy atom. The van der Waals surface area contributed by atoms with Crippen molar-refractivity contribution in [2.75, 3.05) is 6.61 Å². The molecule has 2 heteroatoms. The van der Waals surface area contributed by atoms with Gasteiger partial charge in [-0.3, -0.25) is 4.79 Å². The Hall–Kier alpha value is -0.630. The fraction of sp³-hybridized carbons (Fsp3) is 0.842. The lowest BCUT2D eigenvalue weighted by molar-refractivity contribution is -0.115. The first-order valence-corrected chi connectivity index (χ1v) is 9.16. The fourth-order valence-corrected chi connectivity index (χ4v) is 3.11. The van der Waals surface area contributed by atoms with Crippen LogP contribution < -0.4 is 0 Å². The van der Waals surface area contributed by atoms with Crippen LogP contribution in [0.25, 0.3) is 0 Å². The van der Waals surface area contributed by atoms with Gasteiger partial charge in [-0.25, -0.2) is 0 Å². The minimum absolute atomic E-state index is 0.343. The number of rotatable bonds is 13. The molecule has 122 valence electrons. The molecular weight excluding hydrogens is 260 g/mol. The summed E-state index contributed by atoms with van der Waals surface area (Å²) in [5.74, 6) is 0.343. The summed E-state index contributed by atoms with van der Waals surface area (Å²) < 4.78 is 0. The molecule has 0 unspecified atom stereocenters. The molecule has 0 saturated heterocycles. The minimum atomic E-state index is 0.343. The van der Waals surface area contributed by atoms with Crippen LogP contribution in [-0.2, 0) is 4.79 Å². The third-order valence-electron chi connectivity index (χ3n) is 4.44. The van der Waals surface area contributed by atoms with E-state index in [9.17, 15) is 4.79 Å². The highest BCUT2D eigenvalue weighted by Crippen LogP contribution is 2.21. The number of carbonyl (C=O) groups excluding carboxylic acids is 1. The SMILES string of the molecule is O=C1C=C(CCCCCCCCCCCCCO)CCC1.